The molecular formula is C20H16F2N2O4. The lowest BCUT2D eigenvalue weighted by atomic mass is 10.0. The molecule has 6 nitrogen and oxygen atoms in total. The van der Waals surface area contributed by atoms with E-state index in [2.05, 4.69) is 4.98 Å². The first-order valence-corrected chi connectivity index (χ1v) is 8.57. The van der Waals surface area contributed by atoms with Crippen molar-refractivity contribution < 1.29 is 27.5 Å². The molecule has 0 saturated carbocycles. The Balaban J connectivity index is 1.63. The van der Waals surface area contributed by atoms with Gasteiger partial charge in [0.25, 0.3) is 0 Å². The first-order valence-electron chi connectivity index (χ1n) is 8.57. The maximum absolute atomic E-state index is 14.5. The fourth-order valence-electron chi connectivity index (χ4n) is 3.09. The molecule has 4 rings (SSSR count). The van der Waals surface area contributed by atoms with Gasteiger partial charge in [0.15, 0.2) is 11.6 Å². The van der Waals surface area contributed by atoms with Crippen LogP contribution in [0.3, 0.4) is 0 Å². The molecule has 8 heteroatoms. The molecule has 3 aromatic rings. The van der Waals surface area contributed by atoms with Gasteiger partial charge in [-0.25, -0.2) is 13.6 Å². The predicted molar refractivity (Wildman–Crippen MR) is 94.1 cm³/mol. The van der Waals surface area contributed by atoms with Crippen LogP contribution in [0, 0.1) is 18.6 Å². The zero-order valence-corrected chi connectivity index (χ0v) is 15.1. The van der Waals surface area contributed by atoms with Crippen molar-refractivity contribution in [2.45, 2.75) is 26.4 Å². The van der Waals surface area contributed by atoms with Crippen molar-refractivity contribution in [3.63, 3.8) is 0 Å². The number of ether oxygens (including phenoxy) is 2. The third-order valence-corrected chi connectivity index (χ3v) is 4.63. The Labute approximate surface area is 159 Å². The number of nitrogens with zero attached hydrogens (tertiary/aromatic N) is 2. The minimum absolute atomic E-state index is 0.00311. The predicted octanol–water partition coefficient (Wildman–Crippen LogP) is 5.13. The van der Waals surface area contributed by atoms with Gasteiger partial charge >= 0.3 is 12.2 Å². The number of aromatic nitrogens is 1. The summed E-state index contributed by atoms with van der Waals surface area (Å²) in [6, 6.07) is 6.94. The molecule has 0 radical (unpaired) electrons. The van der Waals surface area contributed by atoms with E-state index in [-0.39, 0.29) is 29.9 Å². The summed E-state index contributed by atoms with van der Waals surface area (Å²) in [4.78, 5) is 17.6. The lowest BCUT2D eigenvalue weighted by Gasteiger charge is -2.34. The van der Waals surface area contributed by atoms with Crippen molar-refractivity contribution in [1.29, 1.82) is 0 Å². The van der Waals surface area contributed by atoms with Crippen LogP contribution in [0.5, 0.6) is 17.6 Å². The van der Waals surface area contributed by atoms with Crippen molar-refractivity contribution in [2.24, 2.45) is 0 Å². The lowest BCUT2D eigenvalue weighted by Crippen LogP contribution is -2.39. The minimum atomic E-state index is -0.663. The maximum Gasteiger partial charge on any atom is 0.416 e. The molecule has 0 spiro atoms. The number of hydrogen-bond donors (Lipinski definition) is 0. The number of rotatable bonds is 4. The van der Waals surface area contributed by atoms with Crippen LogP contribution in [0.1, 0.15) is 29.7 Å². The molecule has 2 aromatic carbocycles. The number of amides is 1. The largest absolute Gasteiger partial charge is 0.417 e. The maximum atomic E-state index is 14.5. The zero-order valence-electron chi connectivity index (χ0n) is 15.1. The van der Waals surface area contributed by atoms with Gasteiger partial charge in [-0.15, -0.1) is 0 Å². The summed E-state index contributed by atoms with van der Waals surface area (Å²) >= 11 is 0. The Morgan fingerprint density at radius 2 is 2.11 bits per heavy atom. The molecule has 1 aromatic heterocycles. The fourth-order valence-corrected chi connectivity index (χ4v) is 3.09. The number of aryl methyl sites for hydroxylation is 1. The van der Waals surface area contributed by atoms with Gasteiger partial charge in [-0.1, -0.05) is 18.2 Å². The van der Waals surface area contributed by atoms with Crippen molar-refractivity contribution in [3.05, 3.63) is 71.1 Å². The van der Waals surface area contributed by atoms with Crippen LogP contribution in [0.2, 0.25) is 0 Å². The quantitative estimate of drug-likeness (QED) is 0.622. The van der Waals surface area contributed by atoms with E-state index in [9.17, 15) is 13.6 Å². The molecule has 0 N–H and O–H groups in total. The molecule has 2 heterocycles. The molecule has 1 atom stereocenters. The Bertz CT molecular complexity index is 1040. The SMILES string of the molecule is Cc1cccc(CN2C(=O)Oc3cc(Oc4ncco4)c(F)cc3C2C)c1F. The molecule has 0 saturated heterocycles. The number of halogens is 2. The average Bonchev–Trinajstić information content (AvgIpc) is 3.17. The summed E-state index contributed by atoms with van der Waals surface area (Å²) in [5, 5.41) is 0. The molecule has 0 fully saturated rings. The molecular weight excluding hydrogens is 370 g/mol. The van der Waals surface area contributed by atoms with Crippen LogP contribution in [0.4, 0.5) is 13.6 Å². The average molecular weight is 386 g/mol. The highest BCUT2D eigenvalue weighted by Gasteiger charge is 2.33. The van der Waals surface area contributed by atoms with Crippen LogP contribution in [0.15, 0.2) is 47.2 Å². The number of carbonyl (C=O) groups is 1. The first-order chi connectivity index (χ1) is 13.4. The molecule has 1 aliphatic rings. The van der Waals surface area contributed by atoms with Crippen LogP contribution < -0.4 is 9.47 Å². The first kappa shape index (κ1) is 18.0. The Kier molecular flexibility index (Phi) is 4.46. The van der Waals surface area contributed by atoms with Gasteiger partial charge < -0.3 is 13.9 Å². The minimum Gasteiger partial charge on any atom is -0.417 e. The van der Waals surface area contributed by atoms with E-state index < -0.39 is 18.0 Å². The van der Waals surface area contributed by atoms with Gasteiger partial charge in [-0.05, 0) is 25.5 Å². The van der Waals surface area contributed by atoms with Crippen LogP contribution in [0.25, 0.3) is 0 Å². The van der Waals surface area contributed by atoms with Crippen LogP contribution in [-0.2, 0) is 6.54 Å². The second kappa shape index (κ2) is 6.95. The molecule has 144 valence electrons. The standard InChI is InChI=1S/C20H16F2N2O4/c1-11-4-3-5-13(18(11)22)10-24-12(2)14-8-15(21)17(9-16(14)28-20(24)25)27-19-23-6-7-26-19/h3-9,12H,10H2,1-2H3. The van der Waals surface area contributed by atoms with E-state index in [1.54, 1.807) is 32.0 Å². The van der Waals surface area contributed by atoms with Crippen LogP contribution >= 0.6 is 0 Å². The van der Waals surface area contributed by atoms with Crippen LogP contribution in [-0.4, -0.2) is 16.0 Å². The monoisotopic (exact) mass is 386 g/mol. The molecule has 0 aliphatic carbocycles. The van der Waals surface area contributed by atoms with Gasteiger partial charge in [-0.3, -0.25) is 4.90 Å². The van der Waals surface area contributed by atoms with Crippen molar-refractivity contribution >= 4 is 6.09 Å². The van der Waals surface area contributed by atoms with Gasteiger partial charge in [-0.2, -0.15) is 4.98 Å². The van der Waals surface area contributed by atoms with Crippen molar-refractivity contribution in [1.82, 2.24) is 9.88 Å². The number of benzene rings is 2. The molecule has 1 amide bonds. The lowest BCUT2D eigenvalue weighted by molar-refractivity contribution is 0.116. The number of hydrogen-bond acceptors (Lipinski definition) is 5. The third-order valence-electron chi connectivity index (χ3n) is 4.63. The second-order valence-corrected chi connectivity index (χ2v) is 6.44. The normalized spacial score (nSPS) is 15.9. The molecule has 1 unspecified atom stereocenters. The zero-order chi connectivity index (χ0) is 19.8. The van der Waals surface area contributed by atoms with E-state index in [1.165, 1.54) is 29.5 Å². The van der Waals surface area contributed by atoms with E-state index >= 15 is 0 Å². The second-order valence-electron chi connectivity index (χ2n) is 6.44. The smallest absolute Gasteiger partial charge is 0.416 e. The van der Waals surface area contributed by atoms with Gasteiger partial charge in [0.2, 0.25) is 0 Å². The Hall–Kier alpha value is -3.42. The topological polar surface area (TPSA) is 64.8 Å². The molecule has 1 aliphatic heterocycles. The molecule has 28 heavy (non-hydrogen) atoms. The van der Waals surface area contributed by atoms with Gasteiger partial charge in [0, 0.05) is 17.2 Å². The summed E-state index contributed by atoms with van der Waals surface area (Å²) in [6.45, 7) is 3.38. The summed E-state index contributed by atoms with van der Waals surface area (Å²) in [5.41, 5.74) is 1.29. The van der Waals surface area contributed by atoms with Crippen molar-refractivity contribution in [2.75, 3.05) is 0 Å². The van der Waals surface area contributed by atoms with E-state index in [1.807, 2.05) is 0 Å². The summed E-state index contributed by atoms with van der Waals surface area (Å²) in [7, 11) is 0. The summed E-state index contributed by atoms with van der Waals surface area (Å²) in [5.74, 6) is -1.06. The van der Waals surface area contributed by atoms with E-state index in [4.69, 9.17) is 13.9 Å². The Morgan fingerprint density at radius 1 is 1.29 bits per heavy atom. The van der Waals surface area contributed by atoms with E-state index in [0.717, 1.165) is 0 Å². The number of oxazole rings is 1. The summed E-state index contributed by atoms with van der Waals surface area (Å²) < 4.78 is 44.3. The number of fused-ring (bicyclic) bond motifs is 1. The van der Waals surface area contributed by atoms with Gasteiger partial charge in [0.1, 0.15) is 17.8 Å². The molecule has 0 bridgehead atoms. The summed E-state index contributed by atoms with van der Waals surface area (Å²) in [6.07, 6.45) is 1.85. The van der Waals surface area contributed by atoms with Crippen molar-refractivity contribution in [3.8, 4) is 17.6 Å². The third kappa shape index (κ3) is 3.17. The fraction of sp³-hybridized carbons (Fsp3) is 0.200. The van der Waals surface area contributed by atoms with E-state index in [0.29, 0.717) is 16.7 Å². The highest BCUT2D eigenvalue weighted by atomic mass is 19.1. The number of carbonyl (C=O) groups excluding carboxylic acids is 1. The highest BCUT2D eigenvalue weighted by molar-refractivity contribution is 5.75. The highest BCUT2D eigenvalue weighted by Crippen LogP contribution is 2.40. The Morgan fingerprint density at radius 3 is 2.86 bits per heavy atom. The van der Waals surface area contributed by atoms with Gasteiger partial charge in [0.05, 0.1) is 18.8 Å².